The molecular formula is C40H40ClO4P2Pd. The van der Waals surface area contributed by atoms with Crippen molar-refractivity contribution in [3.63, 3.8) is 0 Å². The molecule has 4 nitrogen and oxygen atoms in total. The van der Waals surface area contributed by atoms with Gasteiger partial charge in [0.2, 0.25) is 0 Å². The molecule has 0 spiro atoms. The first kappa shape index (κ1) is 34.2. The van der Waals surface area contributed by atoms with Gasteiger partial charge >= 0.3 is 295 Å². The van der Waals surface area contributed by atoms with E-state index in [1.807, 2.05) is 12.1 Å². The summed E-state index contributed by atoms with van der Waals surface area (Å²) in [6.45, 7) is 0. The van der Waals surface area contributed by atoms with Crippen molar-refractivity contribution < 1.29 is 33.7 Å². The topological polar surface area (TPSA) is 36.9 Å². The van der Waals surface area contributed by atoms with Crippen molar-refractivity contribution in [3.8, 4) is 23.0 Å². The number of rotatable bonds is 12. The standard InChI is InChI=1S/2C20H19O2P.ClH.Pd/c2*1-21-19-14-13-18(15-20(19)22-2)23(16-9-5-3-6-10-16)17-11-7-4-8-12-17;;/h2*3-15H,1-2H3;1H;/q;;;-1/p+1. The Morgan fingerprint density at radius 2 is 0.625 bits per heavy atom. The number of halogens is 1. The Morgan fingerprint density at radius 3 is 0.875 bits per heavy atom. The van der Waals surface area contributed by atoms with E-state index in [9.17, 15) is 0 Å². The van der Waals surface area contributed by atoms with E-state index in [-0.39, 0.29) is 0 Å². The van der Waals surface area contributed by atoms with Crippen LogP contribution in [-0.2, 0) is 14.7 Å². The molecule has 0 fully saturated rings. The first-order chi connectivity index (χ1) is 23.5. The summed E-state index contributed by atoms with van der Waals surface area (Å²) >= 11 is -2.26. The molecule has 0 saturated heterocycles. The fraction of sp³-hybridized carbons (Fsp3) is 0.100. The molecule has 0 aliphatic carbocycles. The van der Waals surface area contributed by atoms with Gasteiger partial charge in [0.1, 0.15) is 0 Å². The summed E-state index contributed by atoms with van der Waals surface area (Å²) in [6.07, 6.45) is 0. The zero-order valence-corrected chi connectivity index (χ0v) is 31.6. The van der Waals surface area contributed by atoms with Crippen molar-refractivity contribution in [3.05, 3.63) is 158 Å². The van der Waals surface area contributed by atoms with Gasteiger partial charge in [0.25, 0.3) is 0 Å². The zero-order valence-electron chi connectivity index (χ0n) is 27.3. The molecule has 0 heterocycles. The maximum absolute atomic E-state index is 8.77. The van der Waals surface area contributed by atoms with Crippen molar-refractivity contribution in [2.24, 2.45) is 0 Å². The maximum atomic E-state index is 8.77. The van der Waals surface area contributed by atoms with Gasteiger partial charge < -0.3 is 0 Å². The molecular weight excluding hydrogens is 748 g/mol. The fourth-order valence-electron chi connectivity index (χ4n) is 6.37. The van der Waals surface area contributed by atoms with Crippen LogP contribution in [0.25, 0.3) is 0 Å². The van der Waals surface area contributed by atoms with E-state index in [2.05, 4.69) is 146 Å². The molecule has 0 unspecified atom stereocenters. The number of benzene rings is 6. The van der Waals surface area contributed by atoms with E-state index >= 15 is 0 Å². The van der Waals surface area contributed by atoms with Crippen LogP contribution in [0.5, 0.6) is 23.0 Å². The number of ether oxygens (including phenoxy) is 4. The Labute approximate surface area is 293 Å². The van der Waals surface area contributed by atoms with E-state index < -0.39 is 25.6 Å². The Bertz CT molecular complexity index is 1730. The van der Waals surface area contributed by atoms with Crippen LogP contribution >= 0.6 is 20.4 Å². The summed E-state index contributed by atoms with van der Waals surface area (Å²) in [5.74, 6) is 2.74. The van der Waals surface area contributed by atoms with Crippen LogP contribution < -0.4 is 50.8 Å². The van der Waals surface area contributed by atoms with Crippen molar-refractivity contribution in [1.29, 1.82) is 0 Å². The first-order valence-corrected chi connectivity index (χ1v) is 25.8. The molecule has 48 heavy (non-hydrogen) atoms. The summed E-state index contributed by atoms with van der Waals surface area (Å²) < 4.78 is 23.4. The van der Waals surface area contributed by atoms with Gasteiger partial charge in [-0.2, -0.15) is 0 Å². The van der Waals surface area contributed by atoms with Gasteiger partial charge in [-0.15, -0.1) is 0 Å². The zero-order chi connectivity index (χ0) is 33.6. The normalized spacial score (nSPS) is 12.5. The van der Waals surface area contributed by atoms with Crippen molar-refractivity contribution >= 4 is 52.3 Å². The van der Waals surface area contributed by atoms with E-state index in [4.69, 9.17) is 28.5 Å². The average molecular weight is 789 g/mol. The van der Waals surface area contributed by atoms with Crippen LogP contribution in [0, 0.1) is 0 Å². The summed E-state index contributed by atoms with van der Waals surface area (Å²) in [5, 5.41) is 7.37. The number of hydrogen-bond acceptors (Lipinski definition) is 4. The predicted molar refractivity (Wildman–Crippen MR) is 205 cm³/mol. The van der Waals surface area contributed by atoms with Crippen molar-refractivity contribution in [2.75, 3.05) is 28.4 Å². The Morgan fingerprint density at radius 1 is 0.354 bits per heavy atom. The SMILES string of the molecule is COc1ccc([PH](c2ccccc2)(c2ccccc2)[Pd]([Cl])[PH](c2ccccc2)(c2ccccc2)c2ccc(OC)c(OC)c2)cc1OC. The third-order valence-corrected chi connectivity index (χ3v) is 44.9. The Balaban J connectivity index is 1.84. The van der Waals surface area contributed by atoms with Crippen LogP contribution in [-0.4, -0.2) is 28.4 Å². The van der Waals surface area contributed by atoms with Crippen LogP contribution in [0.15, 0.2) is 158 Å². The molecule has 251 valence electrons. The molecule has 6 aromatic carbocycles. The van der Waals surface area contributed by atoms with Crippen LogP contribution in [0.3, 0.4) is 0 Å². The van der Waals surface area contributed by atoms with Crippen LogP contribution in [0.1, 0.15) is 0 Å². The van der Waals surface area contributed by atoms with E-state index in [0.717, 1.165) is 0 Å². The fourth-order valence-corrected chi connectivity index (χ4v) is 51.1. The molecule has 0 radical (unpaired) electrons. The number of hydrogen-bond donors (Lipinski definition) is 0. The molecule has 0 aliphatic rings. The summed E-state index contributed by atoms with van der Waals surface area (Å²) in [6, 6.07) is 56.5. The Hall–Kier alpha value is -3.67. The quantitative estimate of drug-likeness (QED) is 0.0983. The van der Waals surface area contributed by atoms with E-state index in [1.165, 1.54) is 31.8 Å². The molecule has 8 heteroatoms. The molecule has 6 rings (SSSR count). The van der Waals surface area contributed by atoms with Crippen LogP contribution in [0.2, 0.25) is 0 Å². The molecule has 0 N–H and O–H groups in total. The first-order valence-electron chi connectivity index (χ1n) is 15.5. The van der Waals surface area contributed by atoms with Gasteiger partial charge in [-0.05, 0) is 0 Å². The second kappa shape index (κ2) is 15.3. The predicted octanol–water partition coefficient (Wildman–Crippen LogP) is 7.08. The molecule has 6 aromatic rings. The van der Waals surface area contributed by atoms with Gasteiger partial charge in [0.05, 0.1) is 0 Å². The monoisotopic (exact) mass is 787 g/mol. The molecule has 0 aromatic heterocycles. The second-order valence-corrected chi connectivity index (χ2v) is 34.3. The van der Waals surface area contributed by atoms with E-state index in [1.54, 1.807) is 28.4 Å². The minimum atomic E-state index is -3.11. The van der Waals surface area contributed by atoms with Crippen molar-refractivity contribution in [1.82, 2.24) is 0 Å². The Kier molecular flexibility index (Phi) is 10.9. The molecule has 0 saturated carbocycles. The number of methoxy groups -OCH3 is 4. The summed E-state index contributed by atoms with van der Waals surface area (Å²) in [5.41, 5.74) is -6.22. The molecule has 0 amide bonds. The van der Waals surface area contributed by atoms with Gasteiger partial charge in [0, 0.05) is 0 Å². The van der Waals surface area contributed by atoms with Gasteiger partial charge in [-0.1, -0.05) is 0 Å². The third-order valence-electron chi connectivity index (χ3n) is 8.56. The molecule has 0 bridgehead atoms. The van der Waals surface area contributed by atoms with Gasteiger partial charge in [0.15, 0.2) is 0 Å². The van der Waals surface area contributed by atoms with Crippen LogP contribution in [0.4, 0.5) is 0 Å². The summed E-state index contributed by atoms with van der Waals surface area (Å²) in [4.78, 5) is 0. The minimum absolute atomic E-state index is 0.685. The second-order valence-electron chi connectivity index (χ2n) is 11.0. The molecule has 0 atom stereocenters. The summed E-state index contributed by atoms with van der Waals surface area (Å²) in [7, 11) is 15.5. The van der Waals surface area contributed by atoms with Gasteiger partial charge in [-0.25, -0.2) is 0 Å². The average Bonchev–Trinajstić information content (AvgIpc) is 3.17. The molecule has 0 aliphatic heterocycles. The van der Waals surface area contributed by atoms with E-state index in [0.29, 0.717) is 23.0 Å². The van der Waals surface area contributed by atoms with Gasteiger partial charge in [-0.3, -0.25) is 0 Å². The third kappa shape index (κ3) is 5.94. The van der Waals surface area contributed by atoms with Crippen molar-refractivity contribution in [2.45, 2.75) is 0 Å².